The maximum absolute atomic E-state index is 4.40. The molecule has 0 spiro atoms. The molecule has 3 rings (SSSR count). The molecule has 1 N–H and O–H groups in total. The predicted octanol–water partition coefficient (Wildman–Crippen LogP) is 2.44. The van der Waals surface area contributed by atoms with E-state index in [0.29, 0.717) is 0 Å². The fourth-order valence-electron chi connectivity index (χ4n) is 1.85. The van der Waals surface area contributed by atoms with Gasteiger partial charge in [-0.25, -0.2) is 0 Å². The molecule has 0 radical (unpaired) electrons. The summed E-state index contributed by atoms with van der Waals surface area (Å²) in [6.45, 7) is 1.94. The van der Waals surface area contributed by atoms with Crippen molar-refractivity contribution in [1.29, 1.82) is 0 Å². The van der Waals surface area contributed by atoms with Crippen LogP contribution in [0.1, 0.15) is 23.3 Å². The number of rotatable bonds is 6. The molecule has 3 nitrogen and oxygen atoms in total. The lowest BCUT2D eigenvalue weighted by Crippen LogP contribution is -2.14. The van der Waals surface area contributed by atoms with Crippen LogP contribution in [-0.2, 0) is 19.5 Å². The monoisotopic (exact) mass is 247 g/mol. The van der Waals surface area contributed by atoms with Gasteiger partial charge in [0.2, 0.25) is 0 Å². The highest BCUT2D eigenvalue weighted by atomic mass is 32.1. The van der Waals surface area contributed by atoms with Crippen LogP contribution in [0.2, 0.25) is 0 Å². The van der Waals surface area contributed by atoms with Crippen LogP contribution in [0.4, 0.5) is 0 Å². The van der Waals surface area contributed by atoms with Crippen LogP contribution in [-0.4, -0.2) is 15.8 Å². The van der Waals surface area contributed by atoms with Crippen LogP contribution >= 0.6 is 11.3 Å². The maximum atomic E-state index is 4.40. The summed E-state index contributed by atoms with van der Waals surface area (Å²) in [6.07, 6.45) is 7.89. The molecule has 0 amide bonds. The Kier molecular flexibility index (Phi) is 3.25. The average Bonchev–Trinajstić information content (AvgIpc) is 2.86. The molecular weight excluding hydrogens is 230 g/mol. The Balaban J connectivity index is 1.49. The van der Waals surface area contributed by atoms with Crippen molar-refractivity contribution < 1.29 is 0 Å². The third kappa shape index (κ3) is 3.17. The van der Waals surface area contributed by atoms with Crippen LogP contribution in [0.3, 0.4) is 0 Å². The van der Waals surface area contributed by atoms with Crippen molar-refractivity contribution in [2.24, 2.45) is 0 Å². The molecule has 0 saturated heterocycles. The van der Waals surface area contributed by atoms with E-state index >= 15 is 0 Å². The van der Waals surface area contributed by atoms with Crippen LogP contribution in [0, 0.1) is 0 Å². The van der Waals surface area contributed by atoms with Crippen molar-refractivity contribution in [2.75, 3.05) is 0 Å². The molecule has 0 bridgehead atoms. The molecular formula is C13H17N3S. The molecule has 17 heavy (non-hydrogen) atoms. The van der Waals surface area contributed by atoms with Crippen LogP contribution in [0.25, 0.3) is 0 Å². The second-order valence-electron chi connectivity index (χ2n) is 4.60. The fourth-order valence-corrected chi connectivity index (χ4v) is 2.55. The lowest BCUT2D eigenvalue weighted by Gasteiger charge is -2.00. The van der Waals surface area contributed by atoms with E-state index in [-0.39, 0.29) is 0 Å². The Morgan fingerprint density at radius 2 is 2.41 bits per heavy atom. The molecule has 0 unspecified atom stereocenters. The van der Waals surface area contributed by atoms with Gasteiger partial charge in [-0.05, 0) is 24.3 Å². The Labute approximate surface area is 105 Å². The second-order valence-corrected chi connectivity index (χ2v) is 5.63. The van der Waals surface area contributed by atoms with E-state index in [1.165, 1.54) is 23.3 Å². The number of thiophene rings is 1. The van der Waals surface area contributed by atoms with Gasteiger partial charge in [0.25, 0.3) is 0 Å². The Morgan fingerprint density at radius 1 is 1.47 bits per heavy atom. The Bertz CT molecular complexity index is 457. The second kappa shape index (κ2) is 5.02. The van der Waals surface area contributed by atoms with Crippen LogP contribution in [0.15, 0.2) is 29.9 Å². The van der Waals surface area contributed by atoms with Crippen molar-refractivity contribution in [2.45, 2.75) is 38.4 Å². The number of hydrogen-bond acceptors (Lipinski definition) is 3. The number of hydrogen-bond donors (Lipinski definition) is 1. The zero-order valence-corrected chi connectivity index (χ0v) is 10.6. The SMILES string of the molecule is c1csc(CCn2cc(CNC3CC3)cn2)c1. The average molecular weight is 247 g/mol. The van der Waals surface area contributed by atoms with Crippen molar-refractivity contribution in [3.05, 3.63) is 40.3 Å². The summed E-state index contributed by atoms with van der Waals surface area (Å²) < 4.78 is 2.05. The first-order chi connectivity index (χ1) is 8.40. The lowest BCUT2D eigenvalue weighted by molar-refractivity contribution is 0.616. The maximum Gasteiger partial charge on any atom is 0.0534 e. The molecule has 0 aromatic carbocycles. The highest BCUT2D eigenvalue weighted by molar-refractivity contribution is 7.09. The van der Waals surface area contributed by atoms with E-state index < -0.39 is 0 Å². The van der Waals surface area contributed by atoms with Gasteiger partial charge in [0.05, 0.1) is 6.20 Å². The zero-order chi connectivity index (χ0) is 11.5. The predicted molar refractivity (Wildman–Crippen MR) is 70.1 cm³/mol. The summed E-state index contributed by atoms with van der Waals surface area (Å²) in [5.41, 5.74) is 1.29. The van der Waals surface area contributed by atoms with Crippen molar-refractivity contribution in [3.63, 3.8) is 0 Å². The van der Waals surface area contributed by atoms with Crippen LogP contribution < -0.4 is 5.32 Å². The van der Waals surface area contributed by atoms with Crippen molar-refractivity contribution in [1.82, 2.24) is 15.1 Å². The molecule has 2 heterocycles. The number of aromatic nitrogens is 2. The minimum Gasteiger partial charge on any atom is -0.310 e. The third-order valence-electron chi connectivity index (χ3n) is 3.03. The third-order valence-corrected chi connectivity index (χ3v) is 3.96. The molecule has 1 aliphatic rings. The summed E-state index contributed by atoms with van der Waals surface area (Å²) in [5, 5.41) is 10.0. The van der Waals surface area contributed by atoms with E-state index in [0.717, 1.165) is 25.6 Å². The van der Waals surface area contributed by atoms with Gasteiger partial charge in [0.15, 0.2) is 0 Å². The van der Waals surface area contributed by atoms with E-state index in [1.54, 1.807) is 0 Å². The molecule has 4 heteroatoms. The summed E-state index contributed by atoms with van der Waals surface area (Å²) in [4.78, 5) is 1.43. The lowest BCUT2D eigenvalue weighted by atomic mass is 10.3. The molecule has 1 fully saturated rings. The summed E-state index contributed by atoms with van der Waals surface area (Å²) >= 11 is 1.82. The molecule has 2 aromatic heterocycles. The van der Waals surface area contributed by atoms with Gasteiger partial charge in [-0.3, -0.25) is 4.68 Å². The number of nitrogens with one attached hydrogen (secondary N) is 1. The molecule has 1 saturated carbocycles. The Morgan fingerprint density at radius 3 is 3.18 bits per heavy atom. The first-order valence-corrected chi connectivity index (χ1v) is 7.05. The summed E-state index contributed by atoms with van der Waals surface area (Å²) in [6, 6.07) is 5.06. The molecule has 0 aliphatic heterocycles. The van der Waals surface area contributed by atoms with Crippen molar-refractivity contribution >= 4 is 11.3 Å². The first kappa shape index (κ1) is 11.0. The van der Waals surface area contributed by atoms with Gasteiger partial charge in [-0.2, -0.15) is 5.10 Å². The standard InChI is InChI=1S/C13H17N3S/c1-2-13(17-7-1)5-6-16-10-11(9-15-16)8-14-12-3-4-12/h1-2,7,9-10,12,14H,3-6,8H2. The fraction of sp³-hybridized carbons (Fsp3) is 0.462. The van der Waals surface area contributed by atoms with Gasteiger partial charge in [0.1, 0.15) is 0 Å². The highest BCUT2D eigenvalue weighted by Gasteiger charge is 2.20. The van der Waals surface area contributed by atoms with Gasteiger partial charge < -0.3 is 5.32 Å². The summed E-state index contributed by atoms with van der Waals surface area (Å²) in [5.74, 6) is 0. The van der Waals surface area contributed by atoms with Gasteiger partial charge in [-0.1, -0.05) is 6.07 Å². The van der Waals surface area contributed by atoms with E-state index in [4.69, 9.17) is 0 Å². The Hall–Kier alpha value is -1.13. The molecule has 1 aliphatic carbocycles. The minimum absolute atomic E-state index is 0.768. The van der Waals surface area contributed by atoms with Gasteiger partial charge >= 0.3 is 0 Å². The number of nitrogens with zero attached hydrogens (tertiary/aromatic N) is 2. The summed E-state index contributed by atoms with van der Waals surface area (Å²) in [7, 11) is 0. The topological polar surface area (TPSA) is 29.9 Å². The van der Waals surface area contributed by atoms with Gasteiger partial charge in [-0.15, -0.1) is 11.3 Å². The van der Waals surface area contributed by atoms with Crippen LogP contribution in [0.5, 0.6) is 0 Å². The van der Waals surface area contributed by atoms with E-state index in [1.807, 2.05) is 22.2 Å². The largest absolute Gasteiger partial charge is 0.310 e. The first-order valence-electron chi connectivity index (χ1n) is 6.17. The number of aryl methyl sites for hydroxylation is 2. The zero-order valence-electron chi connectivity index (χ0n) is 9.80. The minimum atomic E-state index is 0.768. The smallest absolute Gasteiger partial charge is 0.0534 e. The van der Waals surface area contributed by atoms with Crippen molar-refractivity contribution in [3.8, 4) is 0 Å². The normalized spacial score (nSPS) is 15.3. The molecule has 2 aromatic rings. The van der Waals surface area contributed by atoms with Gasteiger partial charge in [0, 0.05) is 42.2 Å². The molecule has 90 valence electrons. The van der Waals surface area contributed by atoms with E-state index in [2.05, 4.69) is 34.1 Å². The molecule has 0 atom stereocenters. The highest BCUT2D eigenvalue weighted by Crippen LogP contribution is 2.19. The van der Waals surface area contributed by atoms with E-state index in [9.17, 15) is 0 Å². The quantitative estimate of drug-likeness (QED) is 0.849.